The van der Waals surface area contributed by atoms with E-state index in [2.05, 4.69) is 31.0 Å². The standard InChI is InChI=1S/C12H13N7O3/c1-7(15-9-11(21)16-12(22)19-17-9)10(20)18-14-6-8-3-2-4-13-5-8/h2-7H,1H3,(H,15,17)(H,18,20)(H2,16,19,21,22). The van der Waals surface area contributed by atoms with E-state index in [9.17, 15) is 14.4 Å². The van der Waals surface area contributed by atoms with Crippen LogP contribution in [0, 0.1) is 0 Å². The zero-order valence-corrected chi connectivity index (χ0v) is 11.5. The quantitative estimate of drug-likeness (QED) is 0.403. The lowest BCUT2D eigenvalue weighted by Gasteiger charge is -2.11. The number of hydrogen-bond acceptors (Lipinski definition) is 7. The van der Waals surface area contributed by atoms with E-state index in [1.54, 1.807) is 24.5 Å². The summed E-state index contributed by atoms with van der Waals surface area (Å²) in [6, 6.07) is 2.72. The summed E-state index contributed by atoms with van der Waals surface area (Å²) in [4.78, 5) is 39.9. The molecule has 0 spiro atoms. The van der Waals surface area contributed by atoms with E-state index < -0.39 is 23.2 Å². The minimum atomic E-state index is -0.787. The Labute approximate surface area is 123 Å². The molecular formula is C12H13N7O3. The van der Waals surface area contributed by atoms with Crippen LogP contribution in [0.3, 0.4) is 0 Å². The monoisotopic (exact) mass is 303 g/mol. The van der Waals surface area contributed by atoms with Gasteiger partial charge in [-0.05, 0) is 13.0 Å². The van der Waals surface area contributed by atoms with Gasteiger partial charge in [-0.3, -0.25) is 19.6 Å². The van der Waals surface area contributed by atoms with Gasteiger partial charge in [-0.2, -0.15) is 5.10 Å². The second kappa shape index (κ2) is 6.92. The zero-order chi connectivity index (χ0) is 15.9. The molecule has 0 aromatic carbocycles. The van der Waals surface area contributed by atoms with Crippen molar-refractivity contribution in [2.24, 2.45) is 5.10 Å². The molecule has 4 N–H and O–H groups in total. The number of nitrogens with zero attached hydrogens (tertiary/aromatic N) is 3. The Morgan fingerprint density at radius 1 is 1.45 bits per heavy atom. The first-order chi connectivity index (χ1) is 10.6. The molecule has 0 aliphatic rings. The molecular weight excluding hydrogens is 290 g/mol. The highest BCUT2D eigenvalue weighted by Crippen LogP contribution is 1.94. The molecule has 0 saturated heterocycles. The first kappa shape index (κ1) is 15.1. The van der Waals surface area contributed by atoms with Crippen molar-refractivity contribution in [2.45, 2.75) is 13.0 Å². The van der Waals surface area contributed by atoms with E-state index in [0.29, 0.717) is 0 Å². The molecule has 2 aromatic heterocycles. The summed E-state index contributed by atoms with van der Waals surface area (Å²) in [7, 11) is 0. The number of aromatic amines is 2. The molecule has 1 unspecified atom stereocenters. The second-order valence-corrected chi connectivity index (χ2v) is 4.24. The summed E-state index contributed by atoms with van der Waals surface area (Å²) in [5.74, 6) is -0.647. The number of anilines is 1. The summed E-state index contributed by atoms with van der Waals surface area (Å²) in [6.45, 7) is 1.52. The molecule has 1 atom stereocenters. The van der Waals surface area contributed by atoms with Gasteiger partial charge in [0.1, 0.15) is 6.04 Å². The van der Waals surface area contributed by atoms with Gasteiger partial charge in [-0.25, -0.2) is 15.3 Å². The van der Waals surface area contributed by atoms with Crippen LogP contribution in [0.4, 0.5) is 5.82 Å². The summed E-state index contributed by atoms with van der Waals surface area (Å²) in [5, 5.41) is 11.9. The largest absolute Gasteiger partial charge is 0.353 e. The van der Waals surface area contributed by atoms with Gasteiger partial charge >= 0.3 is 5.69 Å². The van der Waals surface area contributed by atoms with E-state index in [1.165, 1.54) is 13.1 Å². The van der Waals surface area contributed by atoms with Crippen LogP contribution in [0.2, 0.25) is 0 Å². The van der Waals surface area contributed by atoms with Gasteiger partial charge < -0.3 is 5.32 Å². The zero-order valence-electron chi connectivity index (χ0n) is 11.5. The minimum absolute atomic E-state index is 0.168. The topological polar surface area (TPSA) is 145 Å². The molecule has 0 aliphatic heterocycles. The van der Waals surface area contributed by atoms with Gasteiger partial charge in [-0.15, -0.1) is 5.10 Å². The smallest absolute Gasteiger partial charge is 0.342 e. The Bertz CT molecular complexity index is 781. The Morgan fingerprint density at radius 2 is 2.27 bits per heavy atom. The fraction of sp³-hybridized carbons (Fsp3) is 0.167. The predicted octanol–water partition coefficient (Wildman–Crippen LogP) is -1.20. The number of H-pyrrole nitrogens is 2. The SMILES string of the molecule is CC(Nc1n[nH]c(=O)[nH]c1=O)C(=O)NN=Cc1cccnc1. The molecule has 0 saturated carbocycles. The highest BCUT2D eigenvalue weighted by atomic mass is 16.2. The van der Waals surface area contributed by atoms with E-state index in [4.69, 9.17) is 0 Å². The maximum Gasteiger partial charge on any atom is 0.342 e. The van der Waals surface area contributed by atoms with E-state index in [1.807, 2.05) is 4.98 Å². The summed E-state index contributed by atoms with van der Waals surface area (Å²) in [5.41, 5.74) is 1.59. The van der Waals surface area contributed by atoms with Crippen molar-refractivity contribution in [1.29, 1.82) is 0 Å². The molecule has 10 heteroatoms. The molecule has 1 amide bonds. The van der Waals surface area contributed by atoms with E-state index >= 15 is 0 Å². The fourth-order valence-corrected chi connectivity index (χ4v) is 1.44. The number of carbonyl (C=O) groups excluding carboxylic acids is 1. The van der Waals surface area contributed by atoms with Gasteiger partial charge in [0.25, 0.3) is 11.5 Å². The van der Waals surface area contributed by atoms with Crippen LogP contribution < -0.4 is 22.0 Å². The molecule has 114 valence electrons. The highest BCUT2D eigenvalue weighted by molar-refractivity contribution is 5.86. The van der Waals surface area contributed by atoms with Gasteiger partial charge in [-0.1, -0.05) is 6.07 Å². The van der Waals surface area contributed by atoms with Crippen molar-refractivity contribution in [2.75, 3.05) is 5.32 Å². The number of pyridine rings is 1. The molecule has 0 radical (unpaired) electrons. The van der Waals surface area contributed by atoms with Crippen LogP contribution in [-0.4, -0.2) is 38.3 Å². The van der Waals surface area contributed by atoms with E-state index in [0.717, 1.165) is 5.56 Å². The fourth-order valence-electron chi connectivity index (χ4n) is 1.44. The molecule has 2 heterocycles. The average molecular weight is 303 g/mol. The molecule has 0 bridgehead atoms. The summed E-state index contributed by atoms with van der Waals surface area (Å²) >= 11 is 0. The second-order valence-electron chi connectivity index (χ2n) is 4.24. The predicted molar refractivity (Wildman–Crippen MR) is 78.5 cm³/mol. The Morgan fingerprint density at radius 3 is 2.95 bits per heavy atom. The maximum absolute atomic E-state index is 11.8. The Kier molecular flexibility index (Phi) is 4.75. The van der Waals surface area contributed by atoms with Crippen molar-refractivity contribution in [1.82, 2.24) is 25.6 Å². The van der Waals surface area contributed by atoms with Crippen LogP contribution in [0.5, 0.6) is 0 Å². The molecule has 10 nitrogen and oxygen atoms in total. The Balaban J connectivity index is 1.93. The number of hydrazone groups is 1. The average Bonchev–Trinajstić information content (AvgIpc) is 2.51. The molecule has 2 rings (SSSR count). The van der Waals surface area contributed by atoms with Crippen molar-refractivity contribution in [3.63, 3.8) is 0 Å². The third kappa shape index (κ3) is 4.10. The third-order valence-electron chi connectivity index (χ3n) is 2.53. The van der Waals surface area contributed by atoms with Crippen molar-refractivity contribution >= 4 is 17.9 Å². The van der Waals surface area contributed by atoms with E-state index in [-0.39, 0.29) is 5.82 Å². The number of nitrogens with one attached hydrogen (secondary N) is 4. The molecule has 0 fully saturated rings. The summed E-state index contributed by atoms with van der Waals surface area (Å²) in [6.07, 6.45) is 4.64. The number of aromatic nitrogens is 4. The lowest BCUT2D eigenvalue weighted by atomic mass is 10.3. The lowest BCUT2D eigenvalue weighted by molar-refractivity contribution is -0.121. The normalized spacial score (nSPS) is 12.0. The maximum atomic E-state index is 11.8. The van der Waals surface area contributed by atoms with Gasteiger partial charge in [0, 0.05) is 18.0 Å². The number of carbonyl (C=O) groups is 1. The van der Waals surface area contributed by atoms with Gasteiger partial charge in [0.15, 0.2) is 0 Å². The first-order valence-corrected chi connectivity index (χ1v) is 6.25. The molecule has 0 aliphatic carbocycles. The van der Waals surface area contributed by atoms with Crippen molar-refractivity contribution < 1.29 is 4.79 Å². The summed E-state index contributed by atoms with van der Waals surface area (Å²) < 4.78 is 0. The van der Waals surface area contributed by atoms with Crippen LogP contribution in [-0.2, 0) is 4.79 Å². The van der Waals surface area contributed by atoms with Crippen LogP contribution in [0.15, 0.2) is 39.2 Å². The lowest BCUT2D eigenvalue weighted by Crippen LogP contribution is -2.38. The number of amides is 1. The van der Waals surface area contributed by atoms with Crippen molar-refractivity contribution in [3.8, 4) is 0 Å². The van der Waals surface area contributed by atoms with Crippen LogP contribution in [0.1, 0.15) is 12.5 Å². The van der Waals surface area contributed by atoms with Crippen LogP contribution in [0.25, 0.3) is 0 Å². The molecule has 22 heavy (non-hydrogen) atoms. The highest BCUT2D eigenvalue weighted by Gasteiger charge is 2.14. The number of hydrogen-bond donors (Lipinski definition) is 4. The first-order valence-electron chi connectivity index (χ1n) is 6.25. The molecule has 2 aromatic rings. The third-order valence-corrected chi connectivity index (χ3v) is 2.53. The minimum Gasteiger partial charge on any atom is -0.353 e. The van der Waals surface area contributed by atoms with Crippen molar-refractivity contribution in [3.05, 3.63) is 50.9 Å². The van der Waals surface area contributed by atoms with Gasteiger partial charge in [0.05, 0.1) is 6.21 Å². The van der Waals surface area contributed by atoms with Crippen LogP contribution >= 0.6 is 0 Å². The van der Waals surface area contributed by atoms with Gasteiger partial charge in [0.2, 0.25) is 5.82 Å². The Hall–Kier alpha value is -3.30. The number of rotatable bonds is 5.